The van der Waals surface area contributed by atoms with Crippen LogP contribution in [0.25, 0.3) is 0 Å². The molecule has 1 rings (SSSR count). The molecule has 0 saturated heterocycles. The Balaban J connectivity index is 2.34. The van der Waals surface area contributed by atoms with E-state index in [0.29, 0.717) is 11.6 Å². The van der Waals surface area contributed by atoms with Crippen LogP contribution in [-0.2, 0) is 6.54 Å². The molecular weight excluding hydrogens is 218 g/mol. The summed E-state index contributed by atoms with van der Waals surface area (Å²) in [6.07, 6.45) is 3.81. The van der Waals surface area contributed by atoms with Crippen molar-refractivity contribution in [3.63, 3.8) is 0 Å². The van der Waals surface area contributed by atoms with Gasteiger partial charge in [-0.3, -0.25) is 0 Å². The molecule has 3 nitrogen and oxygen atoms in total. The van der Waals surface area contributed by atoms with Gasteiger partial charge < -0.3 is 5.32 Å². The first kappa shape index (κ1) is 13.0. The minimum absolute atomic E-state index is 0.483. The SMILES string of the molecule is CSCC(C)CNCc1ccnc(C#N)c1. The van der Waals surface area contributed by atoms with Gasteiger partial charge in [-0.25, -0.2) is 4.98 Å². The van der Waals surface area contributed by atoms with Gasteiger partial charge in [0.05, 0.1) is 0 Å². The molecule has 0 bridgehead atoms. The third-order valence-corrected chi connectivity index (χ3v) is 3.11. The number of nitrogens with zero attached hydrogens (tertiary/aromatic N) is 2. The molecule has 0 aliphatic rings. The third kappa shape index (κ3) is 4.65. The van der Waals surface area contributed by atoms with Gasteiger partial charge in [0, 0.05) is 12.7 Å². The highest BCUT2D eigenvalue weighted by Crippen LogP contribution is 2.04. The molecule has 16 heavy (non-hydrogen) atoms. The van der Waals surface area contributed by atoms with E-state index in [9.17, 15) is 0 Å². The molecule has 4 heteroatoms. The lowest BCUT2D eigenvalue weighted by Gasteiger charge is -2.10. The summed E-state index contributed by atoms with van der Waals surface area (Å²) in [6, 6.07) is 5.81. The monoisotopic (exact) mass is 235 g/mol. The van der Waals surface area contributed by atoms with Crippen LogP contribution in [0.5, 0.6) is 0 Å². The van der Waals surface area contributed by atoms with Crippen molar-refractivity contribution < 1.29 is 0 Å². The molecule has 1 N–H and O–H groups in total. The lowest BCUT2D eigenvalue weighted by atomic mass is 10.2. The van der Waals surface area contributed by atoms with E-state index < -0.39 is 0 Å². The zero-order chi connectivity index (χ0) is 11.8. The number of hydrogen-bond donors (Lipinski definition) is 1. The van der Waals surface area contributed by atoms with Gasteiger partial charge in [-0.15, -0.1) is 0 Å². The van der Waals surface area contributed by atoms with E-state index in [2.05, 4.69) is 23.5 Å². The number of nitriles is 1. The van der Waals surface area contributed by atoms with Crippen molar-refractivity contribution in [2.75, 3.05) is 18.6 Å². The smallest absolute Gasteiger partial charge is 0.140 e. The minimum Gasteiger partial charge on any atom is -0.312 e. The van der Waals surface area contributed by atoms with E-state index in [1.807, 2.05) is 30.0 Å². The summed E-state index contributed by atoms with van der Waals surface area (Å²) in [7, 11) is 0. The number of nitrogens with one attached hydrogen (secondary N) is 1. The Morgan fingerprint density at radius 1 is 1.62 bits per heavy atom. The molecule has 1 heterocycles. The molecule has 0 aliphatic heterocycles. The molecule has 0 saturated carbocycles. The average Bonchev–Trinajstić information content (AvgIpc) is 2.30. The summed E-state index contributed by atoms with van der Waals surface area (Å²) in [5, 5.41) is 12.1. The second-order valence-corrected chi connectivity index (χ2v) is 4.76. The molecule has 1 aromatic heterocycles. The zero-order valence-corrected chi connectivity index (χ0v) is 10.5. The van der Waals surface area contributed by atoms with Gasteiger partial charge in [-0.2, -0.15) is 17.0 Å². The Hall–Kier alpha value is -1.05. The van der Waals surface area contributed by atoms with E-state index in [4.69, 9.17) is 5.26 Å². The molecule has 0 amide bonds. The second-order valence-electron chi connectivity index (χ2n) is 3.85. The fraction of sp³-hybridized carbons (Fsp3) is 0.500. The van der Waals surface area contributed by atoms with Crippen molar-refractivity contribution in [2.24, 2.45) is 5.92 Å². The molecule has 1 atom stereocenters. The van der Waals surface area contributed by atoms with Crippen LogP contribution in [-0.4, -0.2) is 23.5 Å². The van der Waals surface area contributed by atoms with Crippen molar-refractivity contribution in [1.82, 2.24) is 10.3 Å². The molecule has 1 unspecified atom stereocenters. The molecule has 0 radical (unpaired) electrons. The largest absolute Gasteiger partial charge is 0.312 e. The number of thioether (sulfide) groups is 1. The molecule has 0 aromatic carbocycles. The predicted octanol–water partition coefficient (Wildman–Crippen LogP) is 2.04. The first-order valence-electron chi connectivity index (χ1n) is 5.31. The van der Waals surface area contributed by atoms with Crippen LogP contribution in [0.3, 0.4) is 0 Å². The summed E-state index contributed by atoms with van der Waals surface area (Å²) >= 11 is 1.87. The molecule has 0 aliphatic carbocycles. The molecular formula is C12H17N3S. The van der Waals surface area contributed by atoms with Crippen LogP contribution in [0.1, 0.15) is 18.2 Å². The fourth-order valence-corrected chi connectivity index (χ4v) is 2.14. The maximum atomic E-state index is 8.71. The summed E-state index contributed by atoms with van der Waals surface area (Å²) in [4.78, 5) is 3.94. The quantitative estimate of drug-likeness (QED) is 0.819. The van der Waals surface area contributed by atoms with Crippen LogP contribution in [0.2, 0.25) is 0 Å². The van der Waals surface area contributed by atoms with Crippen molar-refractivity contribution >= 4 is 11.8 Å². The van der Waals surface area contributed by atoms with Crippen molar-refractivity contribution in [3.8, 4) is 6.07 Å². The Morgan fingerprint density at radius 3 is 3.12 bits per heavy atom. The second kappa shape index (κ2) is 7.26. The van der Waals surface area contributed by atoms with Gasteiger partial charge >= 0.3 is 0 Å². The van der Waals surface area contributed by atoms with Crippen molar-refractivity contribution in [3.05, 3.63) is 29.6 Å². The Morgan fingerprint density at radius 2 is 2.44 bits per heavy atom. The summed E-state index contributed by atoms with van der Waals surface area (Å²) in [5.41, 5.74) is 1.60. The first-order valence-corrected chi connectivity index (χ1v) is 6.70. The van der Waals surface area contributed by atoms with Gasteiger partial charge in [0.15, 0.2) is 0 Å². The van der Waals surface area contributed by atoms with E-state index >= 15 is 0 Å². The van der Waals surface area contributed by atoms with E-state index in [1.165, 1.54) is 5.75 Å². The molecule has 1 aromatic rings. The van der Waals surface area contributed by atoms with Gasteiger partial charge in [0.25, 0.3) is 0 Å². The van der Waals surface area contributed by atoms with Crippen LogP contribution in [0.15, 0.2) is 18.3 Å². The van der Waals surface area contributed by atoms with Crippen molar-refractivity contribution in [1.29, 1.82) is 5.26 Å². The Bertz CT molecular complexity index is 360. The molecule has 0 spiro atoms. The fourth-order valence-electron chi connectivity index (χ4n) is 1.45. The van der Waals surface area contributed by atoms with Gasteiger partial charge in [-0.05, 0) is 42.2 Å². The average molecular weight is 235 g/mol. The van der Waals surface area contributed by atoms with Gasteiger partial charge in [-0.1, -0.05) is 6.92 Å². The van der Waals surface area contributed by atoms with Crippen LogP contribution in [0, 0.1) is 17.2 Å². The summed E-state index contributed by atoms with van der Waals surface area (Å²) in [6.45, 7) is 4.04. The first-order chi connectivity index (χ1) is 7.76. The molecule has 0 fully saturated rings. The van der Waals surface area contributed by atoms with Crippen molar-refractivity contribution in [2.45, 2.75) is 13.5 Å². The minimum atomic E-state index is 0.483. The van der Waals surface area contributed by atoms with Crippen LogP contribution >= 0.6 is 11.8 Å². The number of rotatable bonds is 6. The van der Waals surface area contributed by atoms with E-state index in [0.717, 1.165) is 18.7 Å². The van der Waals surface area contributed by atoms with E-state index in [1.54, 1.807) is 6.20 Å². The Kier molecular flexibility index (Phi) is 5.91. The third-order valence-electron chi connectivity index (χ3n) is 2.21. The van der Waals surface area contributed by atoms with Crippen LogP contribution < -0.4 is 5.32 Å². The lowest BCUT2D eigenvalue weighted by molar-refractivity contribution is 0.559. The van der Waals surface area contributed by atoms with Gasteiger partial charge in [0.2, 0.25) is 0 Å². The predicted molar refractivity (Wildman–Crippen MR) is 68.2 cm³/mol. The standard InChI is InChI=1S/C12H17N3S/c1-10(9-16-2)7-14-8-11-3-4-15-12(5-11)6-13/h3-5,10,14H,7-9H2,1-2H3. The number of pyridine rings is 1. The Labute approximate surface area is 101 Å². The summed E-state index contributed by atoms with van der Waals surface area (Å²) < 4.78 is 0. The van der Waals surface area contributed by atoms with E-state index in [-0.39, 0.29) is 0 Å². The number of hydrogen-bond acceptors (Lipinski definition) is 4. The lowest BCUT2D eigenvalue weighted by Crippen LogP contribution is -2.22. The van der Waals surface area contributed by atoms with Crippen LogP contribution in [0.4, 0.5) is 0 Å². The zero-order valence-electron chi connectivity index (χ0n) is 9.73. The molecule has 86 valence electrons. The highest BCUT2D eigenvalue weighted by molar-refractivity contribution is 7.98. The maximum Gasteiger partial charge on any atom is 0.140 e. The maximum absolute atomic E-state index is 8.71. The number of aromatic nitrogens is 1. The topological polar surface area (TPSA) is 48.7 Å². The van der Waals surface area contributed by atoms with Gasteiger partial charge in [0.1, 0.15) is 11.8 Å². The highest BCUT2D eigenvalue weighted by Gasteiger charge is 2.01. The normalized spacial score (nSPS) is 12.1. The summed E-state index contributed by atoms with van der Waals surface area (Å²) in [5.74, 6) is 1.85. The highest BCUT2D eigenvalue weighted by atomic mass is 32.2.